The average Bonchev–Trinajstić information content (AvgIpc) is 2.55. The van der Waals surface area contributed by atoms with E-state index in [0.717, 1.165) is 30.7 Å². The minimum Gasteiger partial charge on any atom is -0.299 e. The van der Waals surface area contributed by atoms with Crippen LogP contribution in [0, 0.1) is 135 Å². The predicted molar refractivity (Wildman–Crippen MR) is 234 cm³/mol. The van der Waals surface area contributed by atoms with Gasteiger partial charge in [-0.1, -0.05) is 41.5 Å². The molecule has 12 aliphatic rings. The number of hydrogen-bond acceptors (Lipinski definition) is 8. The Labute approximate surface area is 443 Å². The molecule has 2 saturated heterocycles. The SMILES string of the molecule is CC1C(C)C2CC1C1C3CC(C4C(=O)N(CC(F)(F)C(F)(F)C(F)(F)C(F)(F)C(F)(F)C(F)(F)C(F)(F)C(F)(F)F)C(=O)C34)C21.CC1C(C)C2CC1C1C3CC(C4C(=O)N(OS(=O)OCC56CCC(CC5=O)C6(C)C)C(=O)C34)C21. The molecular formula is C51H57F17N2O8S. The van der Waals surface area contributed by atoms with E-state index >= 15 is 0 Å². The minimum absolute atomic E-state index is 0.000439. The third-order valence-electron chi connectivity index (χ3n) is 23.9. The summed E-state index contributed by atoms with van der Waals surface area (Å²) in [5.41, 5.74) is -0.870. The molecule has 12 rings (SSSR count). The van der Waals surface area contributed by atoms with Crippen molar-refractivity contribution in [2.45, 2.75) is 134 Å². The fourth-order valence-electron chi connectivity index (χ4n) is 19.8. The fraction of sp³-hybridized carbons (Fsp3) is 0.902. The van der Waals surface area contributed by atoms with E-state index in [1.54, 1.807) is 0 Å². The maximum Gasteiger partial charge on any atom is 0.460 e. The number of hydrogen-bond donors (Lipinski definition) is 0. The van der Waals surface area contributed by atoms with Gasteiger partial charge in [0.05, 0.1) is 42.2 Å². The topological polar surface area (TPSA) is 127 Å². The molecule has 10 bridgehead atoms. The summed E-state index contributed by atoms with van der Waals surface area (Å²) in [6.07, 6.45) is -2.34. The highest BCUT2D eigenvalue weighted by Crippen LogP contribution is 2.76. The molecule has 4 amide bonds. The Balaban J connectivity index is 0.000000173. The van der Waals surface area contributed by atoms with Crippen LogP contribution in [0.2, 0.25) is 0 Å². The molecule has 0 N–H and O–H groups in total. The van der Waals surface area contributed by atoms with Gasteiger partial charge in [-0.05, 0) is 145 Å². The molecule has 10 nitrogen and oxygen atoms in total. The first-order valence-electron chi connectivity index (χ1n) is 26.7. The molecule has 23 unspecified atom stereocenters. The van der Waals surface area contributed by atoms with E-state index in [9.17, 15) is 103 Å². The van der Waals surface area contributed by atoms with Crippen molar-refractivity contribution in [1.82, 2.24) is 9.96 Å². The molecule has 0 aromatic rings. The number of amides is 4. The van der Waals surface area contributed by atoms with Gasteiger partial charge in [-0.2, -0.15) is 78.8 Å². The van der Waals surface area contributed by atoms with Crippen LogP contribution in [-0.4, -0.2) is 104 Å². The van der Waals surface area contributed by atoms with E-state index in [0.29, 0.717) is 47.8 Å². The molecule has 10 aliphatic carbocycles. The van der Waals surface area contributed by atoms with Gasteiger partial charge in [-0.15, -0.1) is 9.35 Å². The highest BCUT2D eigenvalue weighted by atomic mass is 32.2. The van der Waals surface area contributed by atoms with Gasteiger partial charge >= 0.3 is 59.0 Å². The van der Waals surface area contributed by atoms with E-state index in [1.165, 1.54) is 6.42 Å². The quantitative estimate of drug-likeness (QED) is 0.101. The van der Waals surface area contributed by atoms with Crippen molar-refractivity contribution >= 4 is 40.8 Å². The first-order valence-corrected chi connectivity index (χ1v) is 27.7. The summed E-state index contributed by atoms with van der Waals surface area (Å²) in [5, 5.41) is 0.761. The van der Waals surface area contributed by atoms with Crippen LogP contribution in [0.15, 0.2) is 0 Å². The van der Waals surface area contributed by atoms with Gasteiger partial charge < -0.3 is 0 Å². The summed E-state index contributed by atoms with van der Waals surface area (Å²) in [5.74, 6) is -61.0. The minimum atomic E-state index is -8.73. The number of ketones is 1. The molecule has 444 valence electrons. The Kier molecular flexibility index (Phi) is 12.4. The number of carbonyl (C=O) groups excluding carboxylic acids is 5. The van der Waals surface area contributed by atoms with Crippen molar-refractivity contribution in [1.29, 1.82) is 0 Å². The zero-order valence-corrected chi connectivity index (χ0v) is 43.8. The molecule has 0 radical (unpaired) electrons. The van der Waals surface area contributed by atoms with Crippen LogP contribution in [0.4, 0.5) is 74.6 Å². The van der Waals surface area contributed by atoms with Gasteiger partial charge in [-0.3, -0.25) is 33.1 Å². The maximum absolute atomic E-state index is 14.7. The van der Waals surface area contributed by atoms with E-state index in [2.05, 4.69) is 27.7 Å². The lowest BCUT2D eigenvalue weighted by Crippen LogP contribution is -2.75. The number of nitrogens with zero attached hydrogens (tertiary/aromatic N) is 2. The summed E-state index contributed by atoms with van der Waals surface area (Å²) in [7, 11) is 0. The van der Waals surface area contributed by atoms with E-state index in [1.807, 2.05) is 13.8 Å². The number of carbonyl (C=O) groups is 5. The van der Waals surface area contributed by atoms with Crippen molar-refractivity contribution in [2.75, 3.05) is 13.2 Å². The highest BCUT2D eigenvalue weighted by Gasteiger charge is 2.95. The third kappa shape index (κ3) is 6.79. The van der Waals surface area contributed by atoms with E-state index < -0.39 is 111 Å². The number of hydroxylamine groups is 2. The molecule has 0 spiro atoms. The predicted octanol–water partition coefficient (Wildman–Crippen LogP) is 10.7. The molecule has 23 atom stereocenters. The van der Waals surface area contributed by atoms with Crippen LogP contribution in [-0.2, 0) is 43.8 Å². The molecule has 10 saturated carbocycles. The Hall–Kier alpha value is -3.17. The van der Waals surface area contributed by atoms with Crippen molar-refractivity contribution in [3.8, 4) is 0 Å². The van der Waals surface area contributed by atoms with Gasteiger partial charge in [0, 0.05) is 6.42 Å². The van der Waals surface area contributed by atoms with Crippen LogP contribution in [0.3, 0.4) is 0 Å². The summed E-state index contributed by atoms with van der Waals surface area (Å²) in [6.45, 7) is 9.64. The second-order valence-corrected chi connectivity index (χ2v) is 27.0. The van der Waals surface area contributed by atoms with Gasteiger partial charge in [0.15, 0.2) is 0 Å². The lowest BCUT2D eigenvalue weighted by atomic mass is 9.60. The molecule has 2 heterocycles. The molecule has 28 heteroatoms. The molecule has 12 fully saturated rings. The number of rotatable bonds is 13. The van der Waals surface area contributed by atoms with Gasteiger partial charge in [-0.25, -0.2) is 0 Å². The summed E-state index contributed by atoms with van der Waals surface area (Å²) in [4.78, 5) is 64.9. The maximum atomic E-state index is 14.7. The standard InChI is InChI=1S/C26H35NO6S.C25H22F17NO2/c1-11-12(2)15-8-14(11)19-16-9-17(20(15)19)22-21(16)23(29)27(24(22)30)33-34(31)32-10-26-6-5-13(7-18(26)28)25(26,3)4;1-6-7(2)9-3-8(6)12-10-4-11(13(9)12)15-14(10)16(44)43(17(15)45)5-18(26,27)19(28,29)20(30,31)21(32,33)22(34,35)23(36,37)24(38,39)25(40,41)42/h11-17,19-22H,5-10H2,1-4H3;6-15H,3-5H2,1-2H3. The van der Waals surface area contributed by atoms with Crippen LogP contribution < -0.4 is 0 Å². The first kappa shape index (κ1) is 57.6. The van der Waals surface area contributed by atoms with Gasteiger partial charge in [0.1, 0.15) is 5.78 Å². The van der Waals surface area contributed by atoms with Gasteiger partial charge in [0.2, 0.25) is 11.8 Å². The Morgan fingerprint density at radius 3 is 1.19 bits per heavy atom. The number of Topliss-reactive ketones (excluding diaryl/α,β-unsaturated/α-hetero) is 1. The molecule has 2 aliphatic heterocycles. The van der Waals surface area contributed by atoms with Gasteiger partial charge in [0.25, 0.3) is 11.8 Å². The van der Waals surface area contributed by atoms with Crippen LogP contribution in [0.1, 0.15) is 86.5 Å². The van der Waals surface area contributed by atoms with Crippen molar-refractivity contribution in [3.63, 3.8) is 0 Å². The molecule has 0 aromatic heterocycles. The Morgan fingerprint density at radius 2 is 0.848 bits per heavy atom. The number of halogens is 17. The first-order chi connectivity index (χ1) is 36.0. The number of fused-ring (bicyclic) bond motifs is 26. The van der Waals surface area contributed by atoms with Crippen LogP contribution >= 0.6 is 0 Å². The average molecular weight is 1180 g/mol. The summed E-state index contributed by atoms with van der Waals surface area (Å²) >= 11 is -2.30. The zero-order chi connectivity index (χ0) is 58.5. The van der Waals surface area contributed by atoms with Crippen LogP contribution in [0.25, 0.3) is 0 Å². The Morgan fingerprint density at radius 1 is 0.506 bits per heavy atom. The second kappa shape index (κ2) is 17.0. The third-order valence-corrected chi connectivity index (χ3v) is 24.5. The Bertz CT molecular complexity index is 2590. The monoisotopic (exact) mass is 1180 g/mol. The summed E-state index contributed by atoms with van der Waals surface area (Å²) in [6, 6.07) is 0. The molecule has 0 aromatic carbocycles. The zero-order valence-electron chi connectivity index (χ0n) is 43.0. The van der Waals surface area contributed by atoms with E-state index in [-0.39, 0.29) is 95.2 Å². The number of alkyl halides is 17. The van der Waals surface area contributed by atoms with Crippen molar-refractivity contribution in [2.24, 2.45) is 135 Å². The largest absolute Gasteiger partial charge is 0.460 e. The fourth-order valence-corrected chi connectivity index (χ4v) is 20.4. The van der Waals surface area contributed by atoms with Crippen LogP contribution in [0.5, 0.6) is 0 Å². The molecular weight excluding hydrogens is 1120 g/mol. The lowest BCUT2D eigenvalue weighted by molar-refractivity contribution is -0.461. The smallest absolute Gasteiger partial charge is 0.299 e. The number of imide groups is 2. The molecule has 79 heavy (non-hydrogen) atoms. The normalized spacial score (nSPS) is 44.8. The highest BCUT2D eigenvalue weighted by molar-refractivity contribution is 7.75. The summed E-state index contributed by atoms with van der Waals surface area (Å²) < 4.78 is 256. The number of likely N-dealkylation sites (tertiary alicyclic amines) is 1. The second-order valence-electron chi connectivity index (χ2n) is 26.2. The van der Waals surface area contributed by atoms with Crippen molar-refractivity contribution < 1.29 is 111 Å². The van der Waals surface area contributed by atoms with Crippen molar-refractivity contribution in [3.05, 3.63) is 0 Å². The lowest BCUT2D eigenvalue weighted by Gasteiger charge is -2.43. The van der Waals surface area contributed by atoms with E-state index in [4.69, 9.17) is 8.47 Å².